The van der Waals surface area contributed by atoms with Crippen LogP contribution in [0.1, 0.15) is 24.0 Å². The molecule has 0 N–H and O–H groups in total. The summed E-state index contributed by atoms with van der Waals surface area (Å²) in [5, 5.41) is 0. The summed E-state index contributed by atoms with van der Waals surface area (Å²) in [5.41, 5.74) is 3.79. The van der Waals surface area contributed by atoms with Gasteiger partial charge in [-0.25, -0.2) is 4.98 Å². The van der Waals surface area contributed by atoms with Crippen molar-refractivity contribution in [2.45, 2.75) is 18.3 Å². The summed E-state index contributed by atoms with van der Waals surface area (Å²) in [5.74, 6) is 4.32. The van der Waals surface area contributed by atoms with Crippen molar-refractivity contribution in [3.63, 3.8) is 0 Å². The molecule has 1 spiro atoms. The van der Waals surface area contributed by atoms with Crippen LogP contribution >= 0.6 is 0 Å². The molecule has 1 aromatic heterocycles. The first-order valence-electron chi connectivity index (χ1n) is 11.9. The number of para-hydroxylation sites is 1. The Labute approximate surface area is 193 Å². The average Bonchev–Trinajstić information content (AvgIpc) is 3.56. The van der Waals surface area contributed by atoms with E-state index in [1.165, 1.54) is 29.7 Å². The summed E-state index contributed by atoms with van der Waals surface area (Å²) >= 11 is 0. The molecule has 0 saturated carbocycles. The lowest BCUT2D eigenvalue weighted by Gasteiger charge is -2.35. The first-order valence-corrected chi connectivity index (χ1v) is 11.9. The van der Waals surface area contributed by atoms with Crippen LogP contribution in [-0.2, 0) is 5.41 Å². The SMILES string of the molecule is c1ccc(N2CCC(CN3CC4(COc5cc6c(cc54)OCO6)c4ccccc43)CC2)nc1. The lowest BCUT2D eigenvalue weighted by Crippen LogP contribution is -2.41. The number of pyridine rings is 1. The minimum absolute atomic E-state index is 0.151. The zero-order valence-corrected chi connectivity index (χ0v) is 18.6. The lowest BCUT2D eigenvalue weighted by atomic mass is 9.77. The van der Waals surface area contributed by atoms with Crippen molar-refractivity contribution in [3.05, 3.63) is 71.9 Å². The van der Waals surface area contributed by atoms with Crippen LogP contribution in [0.25, 0.3) is 0 Å². The van der Waals surface area contributed by atoms with Gasteiger partial charge < -0.3 is 24.0 Å². The van der Waals surface area contributed by atoms with Crippen molar-refractivity contribution in [2.75, 3.05) is 49.4 Å². The highest BCUT2D eigenvalue weighted by molar-refractivity contribution is 5.70. The Morgan fingerprint density at radius 1 is 0.879 bits per heavy atom. The van der Waals surface area contributed by atoms with Crippen LogP contribution < -0.4 is 24.0 Å². The van der Waals surface area contributed by atoms with E-state index in [2.05, 4.69) is 57.2 Å². The minimum atomic E-state index is -0.151. The standard InChI is InChI=1S/C27H27N3O3/c1-2-6-22-20(5-1)27(17-31-23-14-25-24(13-21(23)27)32-18-33-25)16-30(22)15-19-8-11-29(12-9-19)26-7-3-4-10-28-26/h1-7,10,13-14,19H,8-9,11-12,15-18H2. The summed E-state index contributed by atoms with van der Waals surface area (Å²) in [4.78, 5) is 9.55. The largest absolute Gasteiger partial charge is 0.492 e. The zero-order chi connectivity index (χ0) is 21.8. The Hall–Kier alpha value is -3.41. The minimum Gasteiger partial charge on any atom is -0.492 e. The highest BCUT2D eigenvalue weighted by Crippen LogP contribution is 2.54. The molecule has 0 amide bonds. The third-order valence-corrected chi connectivity index (χ3v) is 7.75. The van der Waals surface area contributed by atoms with Crippen molar-refractivity contribution in [1.29, 1.82) is 0 Å². The molecule has 0 bridgehead atoms. The molecule has 6 heteroatoms. The molecule has 4 aliphatic heterocycles. The van der Waals surface area contributed by atoms with Gasteiger partial charge in [-0.1, -0.05) is 24.3 Å². The van der Waals surface area contributed by atoms with E-state index in [1.807, 2.05) is 18.3 Å². The molecule has 1 unspecified atom stereocenters. The molecule has 5 heterocycles. The summed E-state index contributed by atoms with van der Waals surface area (Å²) < 4.78 is 17.5. The van der Waals surface area contributed by atoms with Gasteiger partial charge in [0.15, 0.2) is 11.5 Å². The van der Waals surface area contributed by atoms with Crippen molar-refractivity contribution < 1.29 is 14.2 Å². The van der Waals surface area contributed by atoms with Crippen LogP contribution in [0.3, 0.4) is 0 Å². The van der Waals surface area contributed by atoms with E-state index in [0.717, 1.165) is 49.2 Å². The molecule has 7 rings (SSSR count). The molecule has 33 heavy (non-hydrogen) atoms. The topological polar surface area (TPSA) is 47.1 Å². The molecule has 3 aromatic rings. The average molecular weight is 442 g/mol. The fraction of sp³-hybridized carbons (Fsp3) is 0.370. The third-order valence-electron chi connectivity index (χ3n) is 7.75. The van der Waals surface area contributed by atoms with Gasteiger partial charge >= 0.3 is 0 Å². The summed E-state index contributed by atoms with van der Waals surface area (Å²) in [6.07, 6.45) is 4.26. The number of aromatic nitrogens is 1. The maximum absolute atomic E-state index is 6.24. The Morgan fingerprint density at radius 3 is 2.55 bits per heavy atom. The van der Waals surface area contributed by atoms with Gasteiger partial charge in [0.25, 0.3) is 0 Å². The Bertz CT molecular complexity index is 1190. The van der Waals surface area contributed by atoms with E-state index < -0.39 is 0 Å². The first-order chi connectivity index (χ1) is 16.3. The van der Waals surface area contributed by atoms with E-state index in [9.17, 15) is 0 Å². The van der Waals surface area contributed by atoms with Gasteiger partial charge in [-0.3, -0.25) is 0 Å². The second kappa shape index (κ2) is 7.30. The Kier molecular flexibility index (Phi) is 4.23. The van der Waals surface area contributed by atoms with Crippen LogP contribution in [0.15, 0.2) is 60.8 Å². The summed E-state index contributed by atoms with van der Waals surface area (Å²) in [6, 6.07) is 19.2. The third kappa shape index (κ3) is 2.96. The molecule has 2 aromatic carbocycles. The number of hydrogen-bond acceptors (Lipinski definition) is 6. The molecular formula is C27H27N3O3. The highest BCUT2D eigenvalue weighted by atomic mass is 16.7. The molecule has 0 radical (unpaired) electrons. The van der Waals surface area contributed by atoms with Crippen molar-refractivity contribution in [1.82, 2.24) is 4.98 Å². The number of fused-ring (bicyclic) bond motifs is 5. The molecule has 4 aliphatic rings. The van der Waals surface area contributed by atoms with Crippen LogP contribution in [-0.4, -0.2) is 44.6 Å². The van der Waals surface area contributed by atoms with Crippen LogP contribution in [0.5, 0.6) is 17.2 Å². The van der Waals surface area contributed by atoms with Gasteiger partial charge in [0.2, 0.25) is 6.79 Å². The fourth-order valence-electron chi connectivity index (χ4n) is 6.06. The van der Waals surface area contributed by atoms with Gasteiger partial charge in [0, 0.05) is 49.7 Å². The van der Waals surface area contributed by atoms with Gasteiger partial charge in [0.05, 0.1) is 5.41 Å². The van der Waals surface area contributed by atoms with E-state index in [0.29, 0.717) is 12.5 Å². The van der Waals surface area contributed by atoms with Gasteiger partial charge in [-0.2, -0.15) is 0 Å². The molecule has 1 saturated heterocycles. The fourth-order valence-corrected chi connectivity index (χ4v) is 6.06. The molecular weight excluding hydrogens is 414 g/mol. The van der Waals surface area contributed by atoms with Crippen LogP contribution in [0.4, 0.5) is 11.5 Å². The van der Waals surface area contributed by atoms with Crippen molar-refractivity contribution >= 4 is 11.5 Å². The maximum atomic E-state index is 6.24. The highest BCUT2D eigenvalue weighted by Gasteiger charge is 2.50. The van der Waals surface area contributed by atoms with Gasteiger partial charge in [-0.15, -0.1) is 0 Å². The Balaban J connectivity index is 1.14. The monoisotopic (exact) mass is 441 g/mol. The van der Waals surface area contributed by atoms with E-state index in [4.69, 9.17) is 14.2 Å². The zero-order valence-electron chi connectivity index (χ0n) is 18.6. The quantitative estimate of drug-likeness (QED) is 0.606. The first kappa shape index (κ1) is 19.1. The lowest BCUT2D eigenvalue weighted by molar-refractivity contribution is 0.173. The predicted molar refractivity (Wildman–Crippen MR) is 127 cm³/mol. The van der Waals surface area contributed by atoms with Crippen molar-refractivity contribution in [2.24, 2.45) is 5.92 Å². The van der Waals surface area contributed by atoms with Crippen LogP contribution in [0.2, 0.25) is 0 Å². The molecule has 6 nitrogen and oxygen atoms in total. The number of ether oxygens (including phenoxy) is 3. The predicted octanol–water partition coefficient (Wildman–Crippen LogP) is 4.23. The molecule has 168 valence electrons. The van der Waals surface area contributed by atoms with Crippen molar-refractivity contribution in [3.8, 4) is 17.2 Å². The maximum Gasteiger partial charge on any atom is 0.231 e. The Morgan fingerprint density at radius 2 is 1.70 bits per heavy atom. The van der Waals surface area contributed by atoms with E-state index in [-0.39, 0.29) is 12.2 Å². The number of rotatable bonds is 3. The smallest absolute Gasteiger partial charge is 0.231 e. The number of nitrogens with zero attached hydrogens (tertiary/aromatic N) is 3. The summed E-state index contributed by atoms with van der Waals surface area (Å²) in [7, 11) is 0. The van der Waals surface area contributed by atoms with Gasteiger partial charge in [-0.05, 0) is 48.6 Å². The molecule has 1 atom stereocenters. The second-order valence-corrected chi connectivity index (χ2v) is 9.59. The normalized spacial score (nSPS) is 23.0. The van der Waals surface area contributed by atoms with E-state index >= 15 is 0 Å². The molecule has 0 aliphatic carbocycles. The van der Waals surface area contributed by atoms with Crippen LogP contribution in [0, 0.1) is 5.92 Å². The molecule has 1 fully saturated rings. The number of piperidine rings is 1. The van der Waals surface area contributed by atoms with E-state index in [1.54, 1.807) is 0 Å². The number of hydrogen-bond donors (Lipinski definition) is 0. The number of anilines is 2. The summed E-state index contributed by atoms with van der Waals surface area (Å²) in [6.45, 7) is 5.10. The number of benzene rings is 2. The van der Waals surface area contributed by atoms with Gasteiger partial charge in [0.1, 0.15) is 18.2 Å². The second-order valence-electron chi connectivity index (χ2n) is 9.59.